The second kappa shape index (κ2) is 8.05. The third-order valence-corrected chi connectivity index (χ3v) is 5.19. The molecule has 142 valence electrons. The summed E-state index contributed by atoms with van der Waals surface area (Å²) in [6, 6.07) is 8.96. The van der Waals surface area contributed by atoms with Crippen LogP contribution in [0.25, 0.3) is 0 Å². The van der Waals surface area contributed by atoms with Crippen LogP contribution >= 0.6 is 0 Å². The normalized spacial score (nSPS) is 13.4. The van der Waals surface area contributed by atoms with Crippen LogP contribution < -0.4 is 4.74 Å². The van der Waals surface area contributed by atoms with E-state index in [0.29, 0.717) is 5.56 Å². The quantitative estimate of drug-likeness (QED) is 0.788. The SMILES string of the molecule is COc1cccc(CS(=O)(=O)CC(O)Cc2ccc(C(F)(F)F)cc2)n1. The van der Waals surface area contributed by atoms with E-state index in [1.807, 2.05) is 0 Å². The highest BCUT2D eigenvalue weighted by molar-refractivity contribution is 7.90. The minimum absolute atomic E-state index is 0.0666. The van der Waals surface area contributed by atoms with Gasteiger partial charge in [0.2, 0.25) is 5.88 Å². The van der Waals surface area contributed by atoms with Gasteiger partial charge in [-0.2, -0.15) is 13.2 Å². The van der Waals surface area contributed by atoms with E-state index in [4.69, 9.17) is 4.74 Å². The average Bonchev–Trinajstić information content (AvgIpc) is 2.53. The third kappa shape index (κ3) is 5.99. The monoisotopic (exact) mass is 389 g/mol. The van der Waals surface area contributed by atoms with Crippen molar-refractivity contribution in [2.24, 2.45) is 0 Å². The lowest BCUT2D eigenvalue weighted by molar-refractivity contribution is -0.137. The average molecular weight is 389 g/mol. The largest absolute Gasteiger partial charge is 0.481 e. The van der Waals surface area contributed by atoms with Gasteiger partial charge in [0, 0.05) is 6.07 Å². The molecule has 0 fully saturated rings. The van der Waals surface area contributed by atoms with E-state index < -0.39 is 33.4 Å². The minimum Gasteiger partial charge on any atom is -0.481 e. The standard InChI is InChI=1S/C17H18F3NO4S/c1-25-16-4-2-3-14(21-16)10-26(23,24)11-15(22)9-12-5-7-13(8-6-12)17(18,19)20/h2-8,15,22H,9-11H2,1H3. The van der Waals surface area contributed by atoms with Crippen LogP contribution in [-0.2, 0) is 28.2 Å². The molecule has 0 radical (unpaired) electrons. The predicted molar refractivity (Wildman–Crippen MR) is 89.4 cm³/mol. The van der Waals surface area contributed by atoms with E-state index in [9.17, 15) is 26.7 Å². The summed E-state index contributed by atoms with van der Waals surface area (Å²) in [6.45, 7) is 0. The molecular formula is C17H18F3NO4S. The van der Waals surface area contributed by atoms with Crippen molar-refractivity contribution in [3.63, 3.8) is 0 Å². The molecule has 0 aliphatic rings. The molecular weight excluding hydrogens is 371 g/mol. The van der Waals surface area contributed by atoms with Gasteiger partial charge < -0.3 is 9.84 Å². The zero-order valence-corrected chi connectivity index (χ0v) is 14.7. The van der Waals surface area contributed by atoms with Crippen molar-refractivity contribution in [2.75, 3.05) is 12.9 Å². The molecule has 0 bridgehead atoms. The summed E-state index contributed by atoms with van der Waals surface area (Å²) in [7, 11) is -2.25. The number of pyridine rings is 1. The van der Waals surface area contributed by atoms with Crippen LogP contribution in [0.15, 0.2) is 42.5 Å². The van der Waals surface area contributed by atoms with Crippen molar-refractivity contribution in [2.45, 2.75) is 24.5 Å². The lowest BCUT2D eigenvalue weighted by Crippen LogP contribution is -2.24. The fraction of sp³-hybridized carbons (Fsp3) is 0.353. The smallest absolute Gasteiger partial charge is 0.416 e. The minimum atomic E-state index is -4.44. The Labute approximate surface area is 149 Å². The molecule has 1 unspecified atom stereocenters. The second-order valence-corrected chi connectivity index (χ2v) is 7.89. The maximum absolute atomic E-state index is 12.5. The molecule has 0 aliphatic heterocycles. The van der Waals surface area contributed by atoms with Crippen LogP contribution in [0.3, 0.4) is 0 Å². The van der Waals surface area contributed by atoms with Gasteiger partial charge >= 0.3 is 6.18 Å². The van der Waals surface area contributed by atoms with Gasteiger partial charge in [0.05, 0.1) is 36.0 Å². The Morgan fingerprint density at radius 1 is 1.15 bits per heavy atom. The van der Waals surface area contributed by atoms with Crippen LogP contribution in [0.5, 0.6) is 5.88 Å². The van der Waals surface area contributed by atoms with Crippen LogP contribution in [0.4, 0.5) is 13.2 Å². The molecule has 1 N–H and O–H groups in total. The van der Waals surface area contributed by atoms with Crippen molar-refractivity contribution in [1.29, 1.82) is 0 Å². The molecule has 1 aromatic carbocycles. The van der Waals surface area contributed by atoms with E-state index in [1.165, 1.54) is 25.3 Å². The highest BCUT2D eigenvalue weighted by Gasteiger charge is 2.30. The van der Waals surface area contributed by atoms with Crippen molar-refractivity contribution in [1.82, 2.24) is 4.98 Å². The molecule has 1 aromatic heterocycles. The first kappa shape index (κ1) is 20.2. The molecule has 0 saturated carbocycles. The summed E-state index contributed by atoms with van der Waals surface area (Å²) in [4.78, 5) is 4.01. The van der Waals surface area contributed by atoms with Gasteiger partial charge in [-0.1, -0.05) is 18.2 Å². The molecule has 26 heavy (non-hydrogen) atoms. The number of rotatable bonds is 7. The van der Waals surface area contributed by atoms with E-state index >= 15 is 0 Å². The fourth-order valence-corrected chi connectivity index (χ4v) is 3.82. The van der Waals surface area contributed by atoms with E-state index in [1.54, 1.807) is 12.1 Å². The number of aromatic nitrogens is 1. The number of halogens is 3. The Morgan fingerprint density at radius 2 is 1.81 bits per heavy atom. The van der Waals surface area contributed by atoms with Gasteiger partial charge in [-0.15, -0.1) is 0 Å². The lowest BCUT2D eigenvalue weighted by atomic mass is 10.1. The molecule has 0 spiro atoms. The maximum Gasteiger partial charge on any atom is 0.416 e. The van der Waals surface area contributed by atoms with Crippen LogP contribution in [-0.4, -0.2) is 37.5 Å². The van der Waals surface area contributed by atoms with Crippen molar-refractivity contribution < 1.29 is 31.4 Å². The summed E-state index contributed by atoms with van der Waals surface area (Å²) >= 11 is 0. The summed E-state index contributed by atoms with van der Waals surface area (Å²) in [6.07, 6.45) is -5.74. The summed E-state index contributed by atoms with van der Waals surface area (Å²) < 4.78 is 66.9. The van der Waals surface area contributed by atoms with Crippen LogP contribution in [0.1, 0.15) is 16.8 Å². The van der Waals surface area contributed by atoms with E-state index in [0.717, 1.165) is 12.1 Å². The number of aliphatic hydroxyl groups is 1. The molecule has 0 aliphatic carbocycles. The number of ether oxygens (including phenoxy) is 1. The van der Waals surface area contributed by atoms with E-state index in [2.05, 4.69) is 4.98 Å². The zero-order valence-electron chi connectivity index (χ0n) is 13.9. The van der Waals surface area contributed by atoms with Crippen molar-refractivity contribution in [3.05, 3.63) is 59.3 Å². The summed E-state index contributed by atoms with van der Waals surface area (Å²) in [5.74, 6) is -0.607. The van der Waals surface area contributed by atoms with Crippen molar-refractivity contribution in [3.8, 4) is 5.88 Å². The zero-order chi connectivity index (χ0) is 19.4. The van der Waals surface area contributed by atoms with Gasteiger partial charge in [0.15, 0.2) is 9.84 Å². The Hall–Kier alpha value is -2.13. The molecule has 1 heterocycles. The molecule has 9 heteroatoms. The first-order valence-corrected chi connectivity index (χ1v) is 9.46. The second-order valence-electron chi connectivity index (χ2n) is 5.78. The highest BCUT2D eigenvalue weighted by atomic mass is 32.2. The fourth-order valence-electron chi connectivity index (χ4n) is 2.39. The number of hydrogen-bond acceptors (Lipinski definition) is 5. The first-order valence-electron chi connectivity index (χ1n) is 7.63. The van der Waals surface area contributed by atoms with Gasteiger partial charge in [-0.3, -0.25) is 0 Å². The Morgan fingerprint density at radius 3 is 2.38 bits per heavy atom. The third-order valence-electron chi connectivity index (χ3n) is 3.56. The number of benzene rings is 1. The lowest BCUT2D eigenvalue weighted by Gasteiger charge is -2.12. The number of nitrogens with zero attached hydrogens (tertiary/aromatic N) is 1. The number of aliphatic hydroxyl groups excluding tert-OH is 1. The molecule has 1 atom stereocenters. The number of alkyl halides is 3. The maximum atomic E-state index is 12.5. The molecule has 2 aromatic rings. The summed E-state index contributed by atoms with van der Waals surface area (Å²) in [5.41, 5.74) is -0.0984. The first-order chi connectivity index (χ1) is 12.1. The summed E-state index contributed by atoms with van der Waals surface area (Å²) in [5, 5.41) is 10.00. The van der Waals surface area contributed by atoms with Crippen molar-refractivity contribution >= 4 is 9.84 Å². The Kier molecular flexibility index (Phi) is 6.25. The Bertz CT molecular complexity index is 836. The molecule has 0 saturated heterocycles. The molecule has 2 rings (SSSR count). The molecule has 0 amide bonds. The highest BCUT2D eigenvalue weighted by Crippen LogP contribution is 2.29. The van der Waals surface area contributed by atoms with Crippen LogP contribution in [0.2, 0.25) is 0 Å². The van der Waals surface area contributed by atoms with Gasteiger partial charge in [-0.05, 0) is 30.2 Å². The van der Waals surface area contributed by atoms with Gasteiger partial charge in [0.1, 0.15) is 0 Å². The topological polar surface area (TPSA) is 76.5 Å². The van der Waals surface area contributed by atoms with Crippen LogP contribution in [0, 0.1) is 0 Å². The number of methoxy groups -OCH3 is 1. The Balaban J connectivity index is 1.98. The van der Waals surface area contributed by atoms with E-state index in [-0.39, 0.29) is 23.7 Å². The van der Waals surface area contributed by atoms with Gasteiger partial charge in [-0.25, -0.2) is 13.4 Å². The van der Waals surface area contributed by atoms with Gasteiger partial charge in [0.25, 0.3) is 0 Å². The predicted octanol–water partition coefficient (Wildman–Crippen LogP) is 2.63. The molecule has 5 nitrogen and oxygen atoms in total. The number of sulfone groups is 1. The number of hydrogen-bond donors (Lipinski definition) is 1.